The van der Waals surface area contributed by atoms with E-state index in [9.17, 15) is 4.79 Å². The highest BCUT2D eigenvalue weighted by Crippen LogP contribution is 2.29. The number of likely N-dealkylation sites (tertiary alicyclic amines) is 1. The molecule has 0 radical (unpaired) electrons. The number of fused-ring (bicyclic) bond motifs is 1. The van der Waals surface area contributed by atoms with E-state index in [1.165, 1.54) is 62.6 Å². The molecule has 0 atom stereocenters. The fraction of sp³-hybridized carbons (Fsp3) is 0.370. The van der Waals surface area contributed by atoms with Crippen LogP contribution >= 0.6 is 24.0 Å². The zero-order chi connectivity index (χ0) is 23.8. The number of carbonyl (C=O) groups excluding carboxylic acids is 1. The fourth-order valence-electron chi connectivity index (χ4n) is 5.49. The molecule has 1 aromatic heterocycles. The fourth-order valence-corrected chi connectivity index (χ4v) is 6.53. The Morgan fingerprint density at radius 1 is 0.971 bits per heavy atom. The van der Waals surface area contributed by atoms with Crippen LogP contribution in [-0.2, 0) is 4.79 Å². The molecule has 6 nitrogen and oxygen atoms in total. The maximum Gasteiger partial charge on any atom is 0.263 e. The monoisotopic (exact) mass is 503 g/mol. The van der Waals surface area contributed by atoms with Crippen molar-refractivity contribution < 1.29 is 4.79 Å². The Balaban J connectivity index is 1.18. The molecule has 6 rings (SSSR count). The summed E-state index contributed by atoms with van der Waals surface area (Å²) in [6.45, 7) is 4.83. The molecule has 3 saturated heterocycles. The van der Waals surface area contributed by atoms with Crippen molar-refractivity contribution in [3.63, 3.8) is 0 Å². The number of thioether (sulfide) groups is 1. The van der Waals surface area contributed by atoms with E-state index in [4.69, 9.17) is 12.2 Å². The lowest BCUT2D eigenvalue weighted by molar-refractivity contribution is -0.115. The Morgan fingerprint density at radius 3 is 2.43 bits per heavy atom. The first-order valence-electron chi connectivity index (χ1n) is 12.5. The lowest BCUT2D eigenvalue weighted by Crippen LogP contribution is -2.46. The third-order valence-corrected chi connectivity index (χ3v) is 8.54. The number of hydrogen-bond donors (Lipinski definition) is 1. The van der Waals surface area contributed by atoms with Crippen LogP contribution < -0.4 is 10.2 Å². The number of amides is 1. The van der Waals surface area contributed by atoms with Crippen molar-refractivity contribution in [2.75, 3.05) is 31.1 Å². The van der Waals surface area contributed by atoms with Gasteiger partial charge < -0.3 is 15.1 Å². The highest BCUT2D eigenvalue weighted by Gasteiger charge is 2.26. The van der Waals surface area contributed by atoms with Crippen molar-refractivity contribution in [1.29, 1.82) is 0 Å². The van der Waals surface area contributed by atoms with Crippen LogP contribution in [0.25, 0.3) is 22.8 Å². The van der Waals surface area contributed by atoms with Gasteiger partial charge in [-0.15, -0.1) is 0 Å². The van der Waals surface area contributed by atoms with Gasteiger partial charge in [0, 0.05) is 30.5 Å². The van der Waals surface area contributed by atoms with Gasteiger partial charge in [-0.25, -0.2) is 4.98 Å². The molecule has 3 aliphatic rings. The number of hydrogen-bond acceptors (Lipinski definition) is 6. The summed E-state index contributed by atoms with van der Waals surface area (Å²) < 4.78 is 2.61. The minimum Gasteiger partial charge on any atom is -0.371 e. The predicted molar refractivity (Wildman–Crippen MR) is 148 cm³/mol. The van der Waals surface area contributed by atoms with E-state index < -0.39 is 0 Å². The minimum atomic E-state index is -0.135. The lowest BCUT2D eigenvalue weighted by atomic mass is 9.99. The number of rotatable bonds is 4. The molecule has 0 unspecified atom stereocenters. The highest BCUT2D eigenvalue weighted by atomic mass is 32.2. The summed E-state index contributed by atoms with van der Waals surface area (Å²) in [5.41, 5.74) is 5.27. The number of benzene rings is 2. The first kappa shape index (κ1) is 22.8. The van der Waals surface area contributed by atoms with Crippen LogP contribution in [0.2, 0.25) is 0 Å². The summed E-state index contributed by atoms with van der Waals surface area (Å²) >= 11 is 6.40. The number of aromatic nitrogens is 2. The molecule has 0 saturated carbocycles. The standard InChI is InChI=1S/C27H29N5OS2/c33-26-25(35-27(34)29-26)17-19-4-9-23-24(16-19)32(18-28-23)22-7-5-20(6-8-22)31-14-10-21(11-15-31)30-12-2-1-3-13-30/h4-9,16-18,21H,1-3,10-15H2,(H,29,33,34)/b25-17-. The Hall–Kier alpha value is -2.68. The quantitative estimate of drug-likeness (QED) is 0.401. The molecule has 0 aliphatic carbocycles. The van der Waals surface area contributed by atoms with Crippen LogP contribution in [0, 0.1) is 0 Å². The second-order valence-electron chi connectivity index (χ2n) is 9.55. The number of imidazole rings is 1. The molecule has 2 aromatic carbocycles. The molecule has 1 amide bonds. The van der Waals surface area contributed by atoms with Gasteiger partial charge in [-0.05, 0) is 86.8 Å². The molecule has 3 aromatic rings. The summed E-state index contributed by atoms with van der Waals surface area (Å²) in [5, 5.41) is 2.67. The van der Waals surface area contributed by atoms with Crippen LogP contribution in [-0.4, -0.2) is 56.9 Å². The first-order chi connectivity index (χ1) is 17.1. The second-order valence-corrected chi connectivity index (χ2v) is 11.3. The number of thiocarbonyl (C=S) groups is 1. The van der Waals surface area contributed by atoms with Crippen LogP contribution in [0.3, 0.4) is 0 Å². The molecule has 1 N–H and O–H groups in total. The third kappa shape index (κ3) is 4.75. The van der Waals surface area contributed by atoms with E-state index in [0.29, 0.717) is 9.23 Å². The van der Waals surface area contributed by atoms with Gasteiger partial charge in [0.25, 0.3) is 5.91 Å². The average Bonchev–Trinajstić information content (AvgIpc) is 3.46. The maximum atomic E-state index is 12.0. The Morgan fingerprint density at radius 2 is 1.71 bits per heavy atom. The Bertz CT molecular complexity index is 1280. The highest BCUT2D eigenvalue weighted by molar-refractivity contribution is 8.26. The van der Waals surface area contributed by atoms with Crippen LogP contribution in [0.4, 0.5) is 5.69 Å². The second kappa shape index (κ2) is 9.76. The van der Waals surface area contributed by atoms with Gasteiger partial charge in [-0.3, -0.25) is 9.36 Å². The first-order valence-corrected chi connectivity index (χ1v) is 13.7. The zero-order valence-corrected chi connectivity index (χ0v) is 21.3. The zero-order valence-electron chi connectivity index (χ0n) is 19.7. The smallest absolute Gasteiger partial charge is 0.263 e. The molecule has 8 heteroatoms. The summed E-state index contributed by atoms with van der Waals surface area (Å²) in [4.78, 5) is 22.5. The van der Waals surface area contributed by atoms with Gasteiger partial charge >= 0.3 is 0 Å². The number of nitrogens with one attached hydrogen (secondary N) is 1. The Labute approximate surface area is 215 Å². The number of piperidine rings is 2. The SMILES string of the molecule is O=C1NC(=S)S/C1=C\c1ccc2ncn(-c3ccc(N4CCC(N5CCCCC5)CC4)cc3)c2c1. The van der Waals surface area contributed by atoms with Gasteiger partial charge in [0.05, 0.1) is 15.9 Å². The normalized spacial score (nSPS) is 21.3. The van der Waals surface area contributed by atoms with E-state index in [1.807, 2.05) is 24.5 Å². The molecule has 3 aliphatic heterocycles. The Kier molecular flexibility index (Phi) is 6.35. The van der Waals surface area contributed by atoms with Crippen molar-refractivity contribution in [3.8, 4) is 5.69 Å². The molecular weight excluding hydrogens is 474 g/mol. The van der Waals surface area contributed by atoms with Gasteiger partial charge in [0.15, 0.2) is 0 Å². The van der Waals surface area contributed by atoms with Crippen molar-refractivity contribution >= 4 is 57.0 Å². The topological polar surface area (TPSA) is 53.4 Å². The van der Waals surface area contributed by atoms with Crippen LogP contribution in [0.15, 0.2) is 53.7 Å². The van der Waals surface area contributed by atoms with Crippen LogP contribution in [0.1, 0.15) is 37.7 Å². The molecular formula is C27H29N5OS2. The van der Waals surface area contributed by atoms with Crippen LogP contribution in [0.5, 0.6) is 0 Å². The van der Waals surface area contributed by atoms with E-state index in [1.54, 1.807) is 0 Å². The summed E-state index contributed by atoms with van der Waals surface area (Å²) in [6.07, 6.45) is 10.4. The summed E-state index contributed by atoms with van der Waals surface area (Å²) in [6, 6.07) is 15.6. The molecule has 3 fully saturated rings. The van der Waals surface area contributed by atoms with Crippen molar-refractivity contribution in [3.05, 3.63) is 59.3 Å². The summed E-state index contributed by atoms with van der Waals surface area (Å²) in [7, 11) is 0. The third-order valence-electron chi connectivity index (χ3n) is 7.38. The average molecular weight is 504 g/mol. The van der Waals surface area contributed by atoms with E-state index >= 15 is 0 Å². The molecule has 0 spiro atoms. The molecule has 35 heavy (non-hydrogen) atoms. The van der Waals surface area contributed by atoms with Gasteiger partial charge in [-0.1, -0.05) is 36.5 Å². The van der Waals surface area contributed by atoms with E-state index in [0.717, 1.165) is 41.4 Å². The van der Waals surface area contributed by atoms with E-state index in [-0.39, 0.29) is 5.91 Å². The molecule has 0 bridgehead atoms. The number of carbonyl (C=O) groups is 1. The lowest BCUT2D eigenvalue weighted by Gasteiger charge is -2.41. The van der Waals surface area contributed by atoms with Crippen molar-refractivity contribution in [2.45, 2.75) is 38.1 Å². The predicted octanol–water partition coefficient (Wildman–Crippen LogP) is 4.97. The van der Waals surface area contributed by atoms with Crippen molar-refractivity contribution in [1.82, 2.24) is 19.8 Å². The number of anilines is 1. The van der Waals surface area contributed by atoms with Gasteiger partial charge in [-0.2, -0.15) is 0 Å². The van der Waals surface area contributed by atoms with Gasteiger partial charge in [0.1, 0.15) is 10.6 Å². The molecule has 180 valence electrons. The summed E-state index contributed by atoms with van der Waals surface area (Å²) in [5.74, 6) is -0.135. The molecule has 4 heterocycles. The maximum absolute atomic E-state index is 12.0. The van der Waals surface area contributed by atoms with Gasteiger partial charge in [0.2, 0.25) is 0 Å². The number of nitrogens with zero attached hydrogens (tertiary/aromatic N) is 4. The minimum absolute atomic E-state index is 0.135. The van der Waals surface area contributed by atoms with E-state index in [2.05, 4.69) is 55.0 Å². The largest absolute Gasteiger partial charge is 0.371 e. The van der Waals surface area contributed by atoms with Crippen molar-refractivity contribution in [2.24, 2.45) is 0 Å².